The van der Waals surface area contributed by atoms with Gasteiger partial charge in [0.2, 0.25) is 0 Å². The molecule has 0 aliphatic rings. The number of azo groups is 2. The molecule has 0 unspecified atom stereocenters. The lowest BCUT2D eigenvalue weighted by Crippen LogP contribution is -2.11. The molecule has 4 aromatic carbocycles. The lowest BCUT2D eigenvalue weighted by Gasteiger charge is -2.09. The van der Waals surface area contributed by atoms with Gasteiger partial charge in [0.1, 0.15) is 34.3 Å². The van der Waals surface area contributed by atoms with Crippen molar-refractivity contribution >= 4 is 78.0 Å². The third-order valence-electron chi connectivity index (χ3n) is 6.72. The average Bonchev–Trinajstić information content (AvgIpc) is 3.07. The minimum Gasteiger partial charge on any atom is -0.510 e. The highest BCUT2D eigenvalue weighted by Crippen LogP contribution is 2.35. The van der Waals surface area contributed by atoms with Crippen LogP contribution >= 0.6 is 23.2 Å². The molecule has 0 saturated heterocycles. The fourth-order valence-electron chi connectivity index (χ4n) is 4.14. The van der Waals surface area contributed by atoms with Crippen LogP contribution in [0.2, 0.25) is 10.0 Å². The molecule has 0 aliphatic carbocycles. The molecule has 0 atom stereocenters. The van der Waals surface area contributed by atoms with E-state index in [1.165, 1.54) is 62.4 Å². The zero-order valence-electron chi connectivity index (χ0n) is 26.7. The van der Waals surface area contributed by atoms with Crippen LogP contribution in [0.15, 0.2) is 138 Å². The van der Waals surface area contributed by atoms with E-state index in [2.05, 4.69) is 31.1 Å². The first-order valence-corrected chi connectivity index (χ1v) is 18.0. The number of hydrogen-bond donors (Lipinski definition) is 6. The van der Waals surface area contributed by atoms with Crippen LogP contribution in [0, 0.1) is 0 Å². The van der Waals surface area contributed by atoms with Gasteiger partial charge in [0.15, 0.2) is 0 Å². The Morgan fingerprint density at radius 2 is 0.904 bits per heavy atom. The molecule has 52 heavy (non-hydrogen) atoms. The van der Waals surface area contributed by atoms with Crippen molar-refractivity contribution in [2.75, 3.05) is 10.6 Å². The molecule has 0 bridgehead atoms. The van der Waals surface area contributed by atoms with Gasteiger partial charge < -0.3 is 20.8 Å². The van der Waals surface area contributed by atoms with Gasteiger partial charge in [-0.3, -0.25) is 18.7 Å². The van der Waals surface area contributed by atoms with Gasteiger partial charge in [0.25, 0.3) is 20.2 Å². The van der Waals surface area contributed by atoms with Crippen LogP contribution in [-0.2, 0) is 29.8 Å². The van der Waals surface area contributed by atoms with Crippen molar-refractivity contribution in [3.8, 4) is 11.1 Å². The average molecular weight is 790 g/mol. The Morgan fingerprint density at radius 1 is 0.577 bits per heavy atom. The van der Waals surface area contributed by atoms with Gasteiger partial charge in [-0.1, -0.05) is 35.3 Å². The summed E-state index contributed by atoms with van der Waals surface area (Å²) in [6.45, 7) is 2.45. The van der Waals surface area contributed by atoms with Gasteiger partial charge in [0.05, 0.1) is 19.8 Å². The quantitative estimate of drug-likeness (QED) is 0.0364. The number of carbonyl (C=O) groups excluding carboxylic acids is 2. The topological polar surface area (TPSA) is 257 Å². The summed E-state index contributed by atoms with van der Waals surface area (Å²) >= 11 is 12.8. The minimum atomic E-state index is -4.43. The minimum absolute atomic E-state index is 0.0957. The maximum absolute atomic E-state index is 12.7. The first-order valence-electron chi connectivity index (χ1n) is 14.3. The molecule has 16 nitrogen and oxygen atoms in total. The number of nitrogens with zero attached hydrogens (tertiary/aromatic N) is 4. The molecule has 2 amide bonds. The number of nitrogens with one attached hydrogen (secondary N) is 2. The predicted octanol–water partition coefficient (Wildman–Crippen LogP) is 8.18. The number of benzene rings is 4. The summed E-state index contributed by atoms with van der Waals surface area (Å²) in [6, 6.07) is 18.6. The number of halogens is 2. The van der Waals surface area contributed by atoms with Gasteiger partial charge in [-0.2, -0.15) is 16.8 Å². The second-order valence-corrected chi connectivity index (χ2v) is 14.2. The van der Waals surface area contributed by atoms with Crippen molar-refractivity contribution in [3.05, 3.63) is 118 Å². The normalized spacial score (nSPS) is 13.1. The Hall–Kier alpha value is -5.50. The van der Waals surface area contributed by atoms with Crippen molar-refractivity contribution in [2.24, 2.45) is 20.5 Å². The Labute approximate surface area is 306 Å². The lowest BCUT2D eigenvalue weighted by molar-refractivity contribution is -0.115. The molecule has 0 aromatic heterocycles. The maximum atomic E-state index is 12.7. The summed E-state index contributed by atoms with van der Waals surface area (Å²) in [5, 5.41) is 40.5. The molecule has 0 fully saturated rings. The number of anilines is 2. The van der Waals surface area contributed by atoms with Crippen LogP contribution in [-0.4, -0.2) is 48.0 Å². The summed E-state index contributed by atoms with van der Waals surface area (Å²) in [6.07, 6.45) is 0. The Morgan fingerprint density at radius 3 is 1.17 bits per heavy atom. The zero-order valence-corrected chi connectivity index (χ0v) is 29.8. The monoisotopic (exact) mass is 788 g/mol. The van der Waals surface area contributed by atoms with Gasteiger partial charge in [-0.25, -0.2) is 0 Å². The molecule has 0 spiro atoms. The van der Waals surface area contributed by atoms with E-state index in [1.54, 1.807) is 12.1 Å². The van der Waals surface area contributed by atoms with E-state index < -0.39 is 43.6 Å². The second-order valence-electron chi connectivity index (χ2n) is 10.5. The van der Waals surface area contributed by atoms with E-state index in [-0.39, 0.29) is 54.0 Å². The summed E-state index contributed by atoms with van der Waals surface area (Å²) < 4.78 is 63.3. The molecule has 4 aromatic rings. The first kappa shape index (κ1) is 39.3. The molecule has 4 rings (SSSR count). The first-order chi connectivity index (χ1) is 24.3. The third-order valence-corrected chi connectivity index (χ3v) is 9.06. The van der Waals surface area contributed by atoms with E-state index in [1.807, 2.05) is 0 Å². The highest BCUT2D eigenvalue weighted by molar-refractivity contribution is 7.86. The smallest absolute Gasteiger partial charge is 0.315 e. The molecule has 0 radical (unpaired) electrons. The van der Waals surface area contributed by atoms with Gasteiger partial charge in [0, 0.05) is 11.4 Å². The Kier molecular flexibility index (Phi) is 12.3. The number of rotatable bonds is 11. The molecular weight excluding hydrogens is 763 g/mol. The van der Waals surface area contributed by atoms with Gasteiger partial charge in [-0.05, 0) is 97.8 Å². The van der Waals surface area contributed by atoms with Gasteiger partial charge >= 0.3 is 11.8 Å². The number of carbonyl (C=O) groups is 2. The molecule has 0 heterocycles. The second kappa shape index (κ2) is 16.2. The zero-order chi connectivity index (χ0) is 38.4. The van der Waals surface area contributed by atoms with Crippen LogP contribution in [0.4, 0.5) is 22.7 Å². The molecule has 0 saturated carbocycles. The van der Waals surface area contributed by atoms with Crippen LogP contribution in [0.25, 0.3) is 11.1 Å². The molecule has 270 valence electrons. The summed E-state index contributed by atoms with van der Waals surface area (Å²) in [5.41, 5.74) is 1.07. The largest absolute Gasteiger partial charge is 0.510 e. The van der Waals surface area contributed by atoms with Crippen molar-refractivity contribution in [1.29, 1.82) is 0 Å². The van der Waals surface area contributed by atoms with Crippen molar-refractivity contribution in [2.45, 2.75) is 23.6 Å². The van der Waals surface area contributed by atoms with Crippen molar-refractivity contribution in [3.63, 3.8) is 0 Å². The fraction of sp³-hybridized carbons (Fsp3) is 0.0625. The van der Waals surface area contributed by atoms with Crippen LogP contribution in [0.5, 0.6) is 0 Å². The van der Waals surface area contributed by atoms with Crippen molar-refractivity contribution in [1.82, 2.24) is 0 Å². The van der Waals surface area contributed by atoms with Gasteiger partial charge in [-0.15, -0.1) is 20.5 Å². The third kappa shape index (κ3) is 10.3. The van der Waals surface area contributed by atoms with Crippen molar-refractivity contribution < 1.29 is 45.7 Å². The fourth-order valence-corrected chi connectivity index (χ4v) is 5.54. The number of aliphatic hydroxyl groups is 2. The molecule has 0 aliphatic heterocycles. The maximum Gasteiger partial charge on any atom is 0.315 e. The summed E-state index contributed by atoms with van der Waals surface area (Å²) in [4.78, 5) is 24.7. The summed E-state index contributed by atoms with van der Waals surface area (Å²) in [5.74, 6) is -2.82. The van der Waals surface area contributed by atoms with Crippen LogP contribution < -0.4 is 10.6 Å². The van der Waals surface area contributed by atoms with Crippen LogP contribution in [0.1, 0.15) is 13.8 Å². The SMILES string of the molecule is CC(O)=C(Nc1ccc(S(=O)(=O)O)cc1)C(=O)N=Nc1ccc(-c2ccc(N=NC(=O)C(Nc3ccc(S(=O)(=O)O)cc3)=C(C)O)c(Cl)c2)cc1Cl. The number of amides is 2. The summed E-state index contributed by atoms with van der Waals surface area (Å²) in [7, 11) is -8.85. The van der Waals surface area contributed by atoms with E-state index in [4.69, 9.17) is 32.3 Å². The van der Waals surface area contributed by atoms with E-state index >= 15 is 0 Å². The van der Waals surface area contributed by atoms with E-state index in [0.29, 0.717) is 11.1 Å². The Bertz CT molecular complexity index is 2220. The van der Waals surface area contributed by atoms with E-state index in [9.17, 15) is 36.6 Å². The molecule has 6 N–H and O–H groups in total. The van der Waals surface area contributed by atoms with Crippen LogP contribution in [0.3, 0.4) is 0 Å². The Balaban J connectivity index is 1.45. The standard InChI is InChI=1S/C32H26Cl2N6O10S2/c1-17(41)29(35-21-5-9-23(10-6-21)51(45,46)47)31(43)39-37-27-13-3-19(15-25(27)33)20-4-14-28(26(34)16-20)38-40-32(44)30(18(2)42)36-22-7-11-24(12-8-22)52(48,49)50/h3-16,35-36,41-42H,1-2H3,(H,45,46,47)(H,48,49,50). The predicted molar refractivity (Wildman–Crippen MR) is 191 cm³/mol. The number of hydrogen-bond acceptors (Lipinski definition) is 12. The van der Waals surface area contributed by atoms with E-state index in [0.717, 1.165) is 24.3 Å². The highest BCUT2D eigenvalue weighted by atomic mass is 35.5. The molecule has 20 heteroatoms. The highest BCUT2D eigenvalue weighted by Gasteiger charge is 2.17. The number of allylic oxidation sites excluding steroid dienone is 2. The molecular formula is C32H26Cl2N6O10S2. The lowest BCUT2D eigenvalue weighted by atomic mass is 10.1. The number of aliphatic hydroxyl groups excluding tert-OH is 2.